The Bertz CT molecular complexity index is 1450. The molecule has 6 nitrogen and oxygen atoms in total. The number of aryl methyl sites for hydroxylation is 1. The van der Waals surface area contributed by atoms with Gasteiger partial charge in [0.05, 0.1) is 18.2 Å². The number of nitrogens with one attached hydrogen (secondary N) is 1. The van der Waals surface area contributed by atoms with Gasteiger partial charge in [-0.3, -0.25) is 14.5 Å². The van der Waals surface area contributed by atoms with Gasteiger partial charge >= 0.3 is 0 Å². The van der Waals surface area contributed by atoms with E-state index in [0.29, 0.717) is 23.6 Å². The molecule has 1 fully saturated rings. The third-order valence-electron chi connectivity index (χ3n) is 6.05. The first-order chi connectivity index (χ1) is 16.5. The predicted octanol–water partition coefficient (Wildman–Crippen LogP) is 5.50. The summed E-state index contributed by atoms with van der Waals surface area (Å²) in [6.45, 7) is 4.31. The van der Waals surface area contributed by atoms with Gasteiger partial charge in [-0.25, -0.2) is 0 Å². The highest BCUT2D eigenvalue weighted by molar-refractivity contribution is 6.51. The van der Waals surface area contributed by atoms with Gasteiger partial charge in [-0.05, 0) is 37.6 Å². The summed E-state index contributed by atoms with van der Waals surface area (Å²) in [6, 6.07) is 21.4. The fourth-order valence-electron chi connectivity index (χ4n) is 4.56. The molecule has 0 bridgehead atoms. The van der Waals surface area contributed by atoms with Crippen LogP contribution in [-0.2, 0) is 9.59 Å². The van der Waals surface area contributed by atoms with E-state index >= 15 is 0 Å². The Balaban J connectivity index is 1.74. The van der Waals surface area contributed by atoms with Crippen molar-refractivity contribution < 1.29 is 19.4 Å². The molecule has 0 aliphatic carbocycles. The Morgan fingerprint density at radius 2 is 1.82 bits per heavy atom. The molecule has 3 aromatic carbocycles. The number of hydrogen-bond donors (Lipinski definition) is 2. The number of carbonyl (C=O) groups excluding carboxylic acids is 2. The van der Waals surface area contributed by atoms with Crippen molar-refractivity contribution in [1.29, 1.82) is 0 Å². The Labute approximate surface area is 197 Å². The van der Waals surface area contributed by atoms with E-state index in [1.165, 1.54) is 4.90 Å². The fraction of sp³-hybridized carbons (Fsp3) is 0.143. The molecule has 34 heavy (non-hydrogen) atoms. The number of H-pyrrole nitrogens is 1. The van der Waals surface area contributed by atoms with Crippen molar-refractivity contribution in [1.82, 2.24) is 4.98 Å². The number of para-hydroxylation sites is 1. The largest absolute Gasteiger partial charge is 0.507 e. The summed E-state index contributed by atoms with van der Waals surface area (Å²) >= 11 is 0. The zero-order chi connectivity index (χ0) is 23.8. The van der Waals surface area contributed by atoms with E-state index in [1.54, 1.807) is 30.5 Å². The molecule has 0 saturated carbocycles. The van der Waals surface area contributed by atoms with Crippen LogP contribution in [0.2, 0.25) is 0 Å². The Morgan fingerprint density at radius 3 is 2.62 bits per heavy atom. The molecular formula is C28H24N2O4. The first-order valence-electron chi connectivity index (χ1n) is 11.2. The van der Waals surface area contributed by atoms with E-state index in [9.17, 15) is 14.7 Å². The number of benzene rings is 3. The van der Waals surface area contributed by atoms with Crippen LogP contribution in [-0.4, -0.2) is 28.4 Å². The minimum Gasteiger partial charge on any atom is -0.507 e. The number of aromatic nitrogens is 1. The van der Waals surface area contributed by atoms with Crippen molar-refractivity contribution in [3.63, 3.8) is 0 Å². The number of carbonyl (C=O) groups is 2. The van der Waals surface area contributed by atoms with Crippen LogP contribution in [0, 0.1) is 6.92 Å². The predicted molar refractivity (Wildman–Crippen MR) is 132 cm³/mol. The minimum atomic E-state index is -0.787. The molecule has 1 atom stereocenters. The maximum absolute atomic E-state index is 13.4. The van der Waals surface area contributed by atoms with Crippen LogP contribution in [0.4, 0.5) is 5.69 Å². The van der Waals surface area contributed by atoms with Crippen LogP contribution >= 0.6 is 0 Å². The number of aliphatic hydroxyl groups excluding tert-OH is 1. The topological polar surface area (TPSA) is 82.6 Å². The van der Waals surface area contributed by atoms with Crippen LogP contribution < -0.4 is 9.64 Å². The molecule has 4 aromatic rings. The van der Waals surface area contributed by atoms with Gasteiger partial charge in [0.1, 0.15) is 11.5 Å². The standard InChI is InChI=1S/C28H24N2O4/c1-3-34-20-11-7-10-19(15-20)30-25(18-9-6-8-17(2)14-18)24(27(32)28(30)33)26(31)22-16-29-23-13-5-4-12-21(22)23/h4-16,25,29,31H,3H2,1-2H3/b26-24-. The molecule has 0 spiro atoms. The number of Topliss-reactive ketones (excluding diaryl/α,β-unsaturated/α-hetero) is 1. The summed E-state index contributed by atoms with van der Waals surface area (Å²) in [5.74, 6) is -1.02. The lowest BCUT2D eigenvalue weighted by molar-refractivity contribution is -0.132. The normalized spacial score (nSPS) is 17.5. The van der Waals surface area contributed by atoms with Crippen molar-refractivity contribution in [3.05, 3.63) is 101 Å². The van der Waals surface area contributed by atoms with E-state index in [0.717, 1.165) is 22.0 Å². The summed E-state index contributed by atoms with van der Waals surface area (Å²) in [5, 5.41) is 12.2. The van der Waals surface area contributed by atoms with Gasteiger partial charge in [-0.15, -0.1) is 0 Å². The third-order valence-corrected chi connectivity index (χ3v) is 6.05. The number of aliphatic hydroxyl groups is 1. The lowest BCUT2D eigenvalue weighted by Crippen LogP contribution is -2.29. The summed E-state index contributed by atoms with van der Waals surface area (Å²) in [5.41, 5.74) is 3.62. The number of rotatable bonds is 5. The van der Waals surface area contributed by atoms with Crippen LogP contribution in [0.15, 0.2) is 84.6 Å². The molecule has 1 unspecified atom stereocenters. The molecule has 1 aromatic heterocycles. The molecular weight excluding hydrogens is 428 g/mol. The van der Waals surface area contributed by atoms with E-state index in [-0.39, 0.29) is 11.3 Å². The quantitative estimate of drug-likeness (QED) is 0.238. The van der Waals surface area contributed by atoms with Gasteiger partial charge in [0.25, 0.3) is 11.7 Å². The zero-order valence-corrected chi connectivity index (χ0v) is 18.9. The van der Waals surface area contributed by atoms with Crippen LogP contribution in [0.25, 0.3) is 16.7 Å². The van der Waals surface area contributed by atoms with E-state index in [2.05, 4.69) is 4.98 Å². The molecule has 170 valence electrons. The van der Waals surface area contributed by atoms with Crippen molar-refractivity contribution in [2.24, 2.45) is 0 Å². The van der Waals surface area contributed by atoms with Crippen molar-refractivity contribution in [2.75, 3.05) is 11.5 Å². The molecule has 1 amide bonds. The second-order valence-electron chi connectivity index (χ2n) is 8.26. The highest BCUT2D eigenvalue weighted by Gasteiger charge is 2.47. The maximum atomic E-state index is 13.4. The van der Waals surface area contributed by atoms with Crippen LogP contribution in [0.1, 0.15) is 29.7 Å². The van der Waals surface area contributed by atoms with E-state index < -0.39 is 17.7 Å². The molecule has 6 heteroatoms. The number of ketones is 1. The smallest absolute Gasteiger partial charge is 0.300 e. The van der Waals surface area contributed by atoms with Crippen molar-refractivity contribution in [3.8, 4) is 5.75 Å². The maximum Gasteiger partial charge on any atom is 0.300 e. The van der Waals surface area contributed by atoms with Crippen LogP contribution in [0.3, 0.4) is 0 Å². The number of aromatic amines is 1. The number of nitrogens with zero attached hydrogens (tertiary/aromatic N) is 1. The third kappa shape index (κ3) is 3.53. The number of anilines is 1. The van der Waals surface area contributed by atoms with Gasteiger partial charge in [0.15, 0.2) is 0 Å². The van der Waals surface area contributed by atoms with Gasteiger partial charge in [-0.1, -0.05) is 54.1 Å². The Kier molecular flexibility index (Phi) is 5.42. The highest BCUT2D eigenvalue weighted by Crippen LogP contribution is 2.43. The summed E-state index contributed by atoms with van der Waals surface area (Å²) in [7, 11) is 0. The SMILES string of the molecule is CCOc1cccc(N2C(=O)C(=O)/C(=C(\O)c3c[nH]c4ccccc34)C2c2cccc(C)c2)c1. The highest BCUT2D eigenvalue weighted by atomic mass is 16.5. The summed E-state index contributed by atoms with van der Waals surface area (Å²) in [4.78, 5) is 31.3. The molecule has 2 heterocycles. The van der Waals surface area contributed by atoms with Gasteiger partial charge in [0.2, 0.25) is 0 Å². The van der Waals surface area contributed by atoms with Crippen LogP contribution in [0.5, 0.6) is 5.75 Å². The van der Waals surface area contributed by atoms with Gasteiger partial charge < -0.3 is 14.8 Å². The second-order valence-corrected chi connectivity index (χ2v) is 8.26. The first-order valence-corrected chi connectivity index (χ1v) is 11.2. The first kappa shape index (κ1) is 21.5. The molecule has 5 rings (SSSR count). The molecule has 0 radical (unpaired) electrons. The second kappa shape index (κ2) is 8.56. The molecule has 1 aliphatic rings. The van der Waals surface area contributed by atoms with Gasteiger partial charge in [-0.2, -0.15) is 0 Å². The van der Waals surface area contributed by atoms with E-state index in [1.807, 2.05) is 62.4 Å². The molecule has 2 N–H and O–H groups in total. The lowest BCUT2D eigenvalue weighted by atomic mass is 9.94. The van der Waals surface area contributed by atoms with Crippen molar-refractivity contribution >= 4 is 34.0 Å². The number of hydrogen-bond acceptors (Lipinski definition) is 4. The zero-order valence-electron chi connectivity index (χ0n) is 18.9. The summed E-state index contributed by atoms with van der Waals surface area (Å²) in [6.07, 6.45) is 1.66. The fourth-order valence-corrected chi connectivity index (χ4v) is 4.56. The average molecular weight is 453 g/mol. The Hall–Kier alpha value is -4.32. The molecule has 1 aliphatic heterocycles. The minimum absolute atomic E-state index is 0.0576. The van der Waals surface area contributed by atoms with Crippen molar-refractivity contribution in [2.45, 2.75) is 19.9 Å². The summed E-state index contributed by atoms with van der Waals surface area (Å²) < 4.78 is 5.62. The number of fused-ring (bicyclic) bond motifs is 1. The number of amides is 1. The molecule has 1 saturated heterocycles. The number of ether oxygens (including phenoxy) is 1. The Morgan fingerprint density at radius 1 is 1.03 bits per heavy atom. The lowest BCUT2D eigenvalue weighted by Gasteiger charge is -2.26. The monoisotopic (exact) mass is 452 g/mol. The van der Waals surface area contributed by atoms with E-state index in [4.69, 9.17) is 4.74 Å². The van der Waals surface area contributed by atoms with Gasteiger partial charge in [0, 0.05) is 34.4 Å². The average Bonchev–Trinajstić information content (AvgIpc) is 3.38.